The molecule has 1 amide bonds. The lowest BCUT2D eigenvalue weighted by molar-refractivity contribution is 0.0696. The fourth-order valence-corrected chi connectivity index (χ4v) is 5.65. The molecular weight excluding hydrogens is 494 g/mol. The van der Waals surface area contributed by atoms with Crippen LogP contribution in [-0.2, 0) is 13.1 Å². The highest BCUT2D eigenvalue weighted by atomic mass is 32.1. The molecule has 0 saturated heterocycles. The lowest BCUT2D eigenvalue weighted by Gasteiger charge is -2.22. The van der Waals surface area contributed by atoms with Gasteiger partial charge in [-0.25, -0.2) is 9.78 Å². The van der Waals surface area contributed by atoms with Crippen LogP contribution in [0.5, 0.6) is 0 Å². The number of aromatic carboxylic acids is 1. The molecule has 4 aromatic rings. The normalized spacial score (nSPS) is 13.8. The van der Waals surface area contributed by atoms with E-state index in [9.17, 15) is 9.59 Å². The number of thiazole rings is 1. The fourth-order valence-electron chi connectivity index (χ4n) is 4.87. The lowest BCUT2D eigenvalue weighted by atomic mass is 9.84. The predicted octanol–water partition coefficient (Wildman–Crippen LogP) is 7.10. The second-order valence-electron chi connectivity index (χ2n) is 9.72. The van der Waals surface area contributed by atoms with Gasteiger partial charge in [0.1, 0.15) is 5.01 Å². The molecule has 6 nitrogen and oxygen atoms in total. The molecule has 5 rings (SSSR count). The Hall–Kier alpha value is -3.81. The molecule has 0 radical (unpaired) electrons. The first-order chi connectivity index (χ1) is 18.5. The third-order valence-corrected chi connectivity index (χ3v) is 7.89. The first-order valence-electron chi connectivity index (χ1n) is 13.0. The van der Waals surface area contributed by atoms with Crippen molar-refractivity contribution in [1.29, 1.82) is 0 Å². The number of hydrogen-bond donors (Lipinski definition) is 3. The third kappa shape index (κ3) is 6.54. The summed E-state index contributed by atoms with van der Waals surface area (Å²) in [6.45, 7) is 1.24. The van der Waals surface area contributed by atoms with Gasteiger partial charge in [0, 0.05) is 35.3 Å². The van der Waals surface area contributed by atoms with Crippen LogP contribution < -0.4 is 10.6 Å². The van der Waals surface area contributed by atoms with Crippen molar-refractivity contribution in [2.45, 2.75) is 51.1 Å². The molecule has 0 unspecified atom stereocenters. The van der Waals surface area contributed by atoms with Crippen LogP contribution in [0.3, 0.4) is 0 Å². The Morgan fingerprint density at radius 2 is 1.53 bits per heavy atom. The number of hydrogen-bond acceptors (Lipinski definition) is 5. The number of carboxylic acid groups (broad SMARTS) is 1. The van der Waals surface area contributed by atoms with E-state index in [1.165, 1.54) is 37.7 Å². The molecule has 0 spiro atoms. The van der Waals surface area contributed by atoms with Gasteiger partial charge in [-0.15, -0.1) is 11.3 Å². The average Bonchev–Trinajstić information content (AvgIpc) is 3.43. The average molecular weight is 526 g/mol. The van der Waals surface area contributed by atoms with Gasteiger partial charge in [0.05, 0.1) is 11.3 Å². The maximum Gasteiger partial charge on any atom is 0.335 e. The van der Waals surface area contributed by atoms with Crippen molar-refractivity contribution in [1.82, 2.24) is 10.3 Å². The zero-order valence-corrected chi connectivity index (χ0v) is 22.0. The maximum atomic E-state index is 12.8. The van der Waals surface area contributed by atoms with Crippen LogP contribution in [0.15, 0.2) is 78.2 Å². The summed E-state index contributed by atoms with van der Waals surface area (Å²) >= 11 is 1.58. The van der Waals surface area contributed by atoms with Gasteiger partial charge in [0.2, 0.25) is 0 Å². The Balaban J connectivity index is 1.12. The van der Waals surface area contributed by atoms with Crippen LogP contribution in [0.2, 0.25) is 0 Å². The number of nitrogens with zero attached hydrogens (tertiary/aromatic N) is 1. The molecule has 7 heteroatoms. The summed E-state index contributed by atoms with van der Waals surface area (Å²) in [4.78, 5) is 28.5. The number of carbonyl (C=O) groups excluding carboxylic acids is 1. The number of nitrogens with one attached hydrogen (secondary N) is 2. The highest BCUT2D eigenvalue weighted by molar-refractivity contribution is 7.09. The van der Waals surface area contributed by atoms with E-state index in [4.69, 9.17) is 10.1 Å². The van der Waals surface area contributed by atoms with Crippen molar-refractivity contribution < 1.29 is 14.7 Å². The second kappa shape index (κ2) is 12.2. The minimum Gasteiger partial charge on any atom is -0.478 e. The second-order valence-corrected chi connectivity index (χ2v) is 10.7. The van der Waals surface area contributed by atoms with Gasteiger partial charge in [-0.3, -0.25) is 4.79 Å². The van der Waals surface area contributed by atoms with Gasteiger partial charge in [0.25, 0.3) is 5.91 Å². The summed E-state index contributed by atoms with van der Waals surface area (Å²) in [6.07, 6.45) is 6.49. The van der Waals surface area contributed by atoms with Crippen molar-refractivity contribution in [2.24, 2.45) is 0 Å². The van der Waals surface area contributed by atoms with E-state index < -0.39 is 5.97 Å². The Kier molecular flexibility index (Phi) is 8.26. The molecule has 0 atom stereocenters. The summed E-state index contributed by atoms with van der Waals surface area (Å²) in [6, 6.07) is 22.7. The Morgan fingerprint density at radius 3 is 2.21 bits per heavy atom. The SMILES string of the molecule is O=C(O)c1ccc(CNCc2nc(-c3ccc(C(=O)Nc4ccc(C5CCCCC5)cc4)cc3)cs2)cc1. The molecule has 1 fully saturated rings. The zero-order chi connectivity index (χ0) is 26.3. The van der Waals surface area contributed by atoms with Crippen molar-refractivity contribution in [3.63, 3.8) is 0 Å². The van der Waals surface area contributed by atoms with Crippen molar-refractivity contribution in [3.05, 3.63) is 105 Å². The molecule has 1 aromatic heterocycles. The summed E-state index contributed by atoms with van der Waals surface area (Å²) < 4.78 is 0. The number of anilines is 1. The van der Waals surface area contributed by atoms with Crippen molar-refractivity contribution >= 4 is 28.9 Å². The molecule has 1 heterocycles. The van der Waals surface area contributed by atoms with E-state index in [1.54, 1.807) is 23.5 Å². The van der Waals surface area contributed by atoms with Crippen LogP contribution in [-0.4, -0.2) is 22.0 Å². The quantitative estimate of drug-likeness (QED) is 0.217. The standard InChI is InChI=1S/C31H31N3O3S/c35-30(33-27-16-14-23(15-17-27)22-4-2-1-3-5-22)25-12-10-24(11-13-25)28-20-38-29(34-28)19-32-18-21-6-8-26(9-7-21)31(36)37/h6-17,20,22,32H,1-5,18-19H2,(H,33,35)(H,36,37). The minimum absolute atomic E-state index is 0.124. The molecular formula is C31H31N3O3S. The van der Waals surface area contributed by atoms with E-state index in [-0.39, 0.29) is 11.5 Å². The van der Waals surface area contributed by atoms with Crippen LogP contribution in [0.25, 0.3) is 11.3 Å². The van der Waals surface area contributed by atoms with Gasteiger partial charge in [-0.2, -0.15) is 0 Å². The van der Waals surface area contributed by atoms with Gasteiger partial charge in [0.15, 0.2) is 0 Å². The highest BCUT2D eigenvalue weighted by Gasteiger charge is 2.15. The molecule has 1 aliphatic carbocycles. The van der Waals surface area contributed by atoms with Crippen LogP contribution in [0.4, 0.5) is 5.69 Å². The van der Waals surface area contributed by atoms with Gasteiger partial charge in [-0.05, 0) is 66.3 Å². The highest BCUT2D eigenvalue weighted by Crippen LogP contribution is 2.33. The maximum absolute atomic E-state index is 12.8. The molecule has 3 N–H and O–H groups in total. The molecule has 194 valence electrons. The molecule has 0 aliphatic heterocycles. The minimum atomic E-state index is -0.923. The first-order valence-corrected chi connectivity index (χ1v) is 13.9. The summed E-state index contributed by atoms with van der Waals surface area (Å²) in [5, 5.41) is 18.3. The van der Waals surface area contributed by atoms with Crippen molar-refractivity contribution in [3.8, 4) is 11.3 Å². The zero-order valence-electron chi connectivity index (χ0n) is 21.2. The monoisotopic (exact) mass is 525 g/mol. The third-order valence-electron chi connectivity index (χ3n) is 7.05. The number of benzene rings is 3. The van der Waals surface area contributed by atoms with E-state index in [1.807, 2.05) is 53.9 Å². The van der Waals surface area contributed by atoms with Crippen LogP contribution in [0, 0.1) is 0 Å². The van der Waals surface area contributed by atoms with Crippen LogP contribution in [0.1, 0.15) is 74.9 Å². The predicted molar refractivity (Wildman–Crippen MR) is 152 cm³/mol. The number of carboxylic acids is 1. The van der Waals surface area contributed by atoms with Crippen LogP contribution >= 0.6 is 11.3 Å². The number of carbonyl (C=O) groups is 2. The first kappa shape index (κ1) is 25.8. The van der Waals surface area contributed by atoms with E-state index >= 15 is 0 Å². The summed E-state index contributed by atoms with van der Waals surface area (Å²) in [5.74, 6) is -0.393. The number of amides is 1. The fraction of sp³-hybridized carbons (Fsp3) is 0.258. The lowest BCUT2D eigenvalue weighted by Crippen LogP contribution is -2.12. The summed E-state index contributed by atoms with van der Waals surface area (Å²) in [5.41, 5.74) is 5.93. The molecule has 0 bridgehead atoms. The topological polar surface area (TPSA) is 91.3 Å². The molecule has 1 saturated carbocycles. The summed E-state index contributed by atoms with van der Waals surface area (Å²) in [7, 11) is 0. The van der Waals surface area contributed by atoms with E-state index in [2.05, 4.69) is 22.8 Å². The molecule has 38 heavy (non-hydrogen) atoms. The molecule has 1 aliphatic rings. The largest absolute Gasteiger partial charge is 0.478 e. The Bertz CT molecular complexity index is 1370. The van der Waals surface area contributed by atoms with Gasteiger partial charge < -0.3 is 15.7 Å². The molecule has 3 aromatic carbocycles. The Labute approximate surface area is 226 Å². The Morgan fingerprint density at radius 1 is 0.842 bits per heavy atom. The smallest absolute Gasteiger partial charge is 0.335 e. The van der Waals surface area contributed by atoms with E-state index in [0.717, 1.165) is 27.5 Å². The van der Waals surface area contributed by atoms with Gasteiger partial charge in [-0.1, -0.05) is 55.7 Å². The number of aromatic nitrogens is 1. The van der Waals surface area contributed by atoms with Gasteiger partial charge >= 0.3 is 5.97 Å². The number of rotatable bonds is 9. The van der Waals surface area contributed by atoms with E-state index in [0.29, 0.717) is 24.6 Å². The van der Waals surface area contributed by atoms with Crippen molar-refractivity contribution in [2.75, 3.05) is 5.32 Å².